The second-order valence-electron chi connectivity index (χ2n) is 2.97. The number of pyridine rings is 1. The molecule has 0 saturated heterocycles. The standard InChI is InChI=1S/C8H8F3N3O4/c1-17-6-2-5(18-8(9,10)11)7(14(15)16)4(3-12)13-6/h2H,3,12H2,1H3. The molecule has 0 aliphatic carbocycles. The largest absolute Gasteiger partial charge is 0.573 e. The highest BCUT2D eigenvalue weighted by molar-refractivity contribution is 5.52. The highest BCUT2D eigenvalue weighted by Gasteiger charge is 2.36. The molecular formula is C8H8F3N3O4. The first-order valence-electron chi connectivity index (χ1n) is 4.46. The summed E-state index contributed by atoms with van der Waals surface area (Å²) in [6, 6.07) is 0.671. The van der Waals surface area contributed by atoms with Crippen molar-refractivity contribution in [3.8, 4) is 11.6 Å². The van der Waals surface area contributed by atoms with E-state index < -0.39 is 29.3 Å². The molecule has 100 valence electrons. The van der Waals surface area contributed by atoms with E-state index in [2.05, 4.69) is 14.5 Å². The van der Waals surface area contributed by atoms with Gasteiger partial charge in [-0.3, -0.25) is 10.1 Å². The zero-order valence-corrected chi connectivity index (χ0v) is 9.02. The second kappa shape index (κ2) is 5.04. The van der Waals surface area contributed by atoms with Gasteiger partial charge >= 0.3 is 12.0 Å². The molecule has 0 saturated carbocycles. The Hall–Kier alpha value is -2.10. The number of hydrogen-bond donors (Lipinski definition) is 1. The molecule has 1 rings (SSSR count). The minimum absolute atomic E-state index is 0.264. The molecule has 10 heteroatoms. The Kier molecular flexibility index (Phi) is 3.91. The normalized spacial score (nSPS) is 11.2. The molecule has 0 atom stereocenters. The van der Waals surface area contributed by atoms with Crippen LogP contribution in [0.1, 0.15) is 5.69 Å². The Morgan fingerprint density at radius 3 is 2.56 bits per heavy atom. The highest BCUT2D eigenvalue weighted by Crippen LogP contribution is 2.36. The Labute approximate surface area is 98.5 Å². The molecular weight excluding hydrogens is 259 g/mol. The van der Waals surface area contributed by atoms with E-state index in [9.17, 15) is 23.3 Å². The van der Waals surface area contributed by atoms with Crippen molar-refractivity contribution in [2.24, 2.45) is 5.73 Å². The molecule has 1 aromatic rings. The molecule has 0 spiro atoms. The lowest BCUT2D eigenvalue weighted by molar-refractivity contribution is -0.389. The van der Waals surface area contributed by atoms with Gasteiger partial charge in [0.15, 0.2) is 0 Å². The van der Waals surface area contributed by atoms with Crippen molar-refractivity contribution in [2.75, 3.05) is 7.11 Å². The van der Waals surface area contributed by atoms with E-state index in [1.54, 1.807) is 0 Å². The predicted molar refractivity (Wildman–Crippen MR) is 52.0 cm³/mol. The van der Waals surface area contributed by atoms with Gasteiger partial charge in [-0.2, -0.15) is 0 Å². The van der Waals surface area contributed by atoms with E-state index in [4.69, 9.17) is 5.73 Å². The summed E-state index contributed by atoms with van der Waals surface area (Å²) in [6.07, 6.45) is -5.07. The Bertz CT molecular complexity index is 464. The zero-order chi connectivity index (χ0) is 13.9. The third kappa shape index (κ3) is 3.20. The van der Waals surface area contributed by atoms with Crippen LogP contribution in [0.4, 0.5) is 18.9 Å². The van der Waals surface area contributed by atoms with Gasteiger partial charge < -0.3 is 15.2 Å². The quantitative estimate of drug-likeness (QED) is 0.652. The van der Waals surface area contributed by atoms with Crippen LogP contribution < -0.4 is 15.2 Å². The van der Waals surface area contributed by atoms with E-state index in [-0.39, 0.29) is 11.6 Å². The lowest BCUT2D eigenvalue weighted by Gasteiger charge is -2.11. The van der Waals surface area contributed by atoms with Gasteiger partial charge in [-0.15, -0.1) is 13.2 Å². The molecule has 0 amide bonds. The van der Waals surface area contributed by atoms with Crippen molar-refractivity contribution in [2.45, 2.75) is 12.9 Å². The molecule has 1 aromatic heterocycles. The van der Waals surface area contributed by atoms with E-state index in [0.29, 0.717) is 6.07 Å². The van der Waals surface area contributed by atoms with Crippen LogP contribution in [0.3, 0.4) is 0 Å². The molecule has 1 heterocycles. The second-order valence-corrected chi connectivity index (χ2v) is 2.97. The number of rotatable bonds is 4. The third-order valence-corrected chi connectivity index (χ3v) is 1.82. The average Bonchev–Trinajstić information content (AvgIpc) is 2.25. The molecule has 0 bridgehead atoms. The van der Waals surface area contributed by atoms with Crippen molar-refractivity contribution in [3.05, 3.63) is 21.9 Å². The van der Waals surface area contributed by atoms with Crippen LogP contribution in [0.5, 0.6) is 11.6 Å². The number of halogens is 3. The van der Waals surface area contributed by atoms with Gasteiger partial charge in [0, 0.05) is 6.54 Å². The summed E-state index contributed by atoms with van der Waals surface area (Å²) in [6.45, 7) is -0.429. The van der Waals surface area contributed by atoms with Crippen LogP contribution in [0.2, 0.25) is 0 Å². The summed E-state index contributed by atoms with van der Waals surface area (Å²) in [5, 5.41) is 10.7. The first-order valence-corrected chi connectivity index (χ1v) is 4.46. The number of methoxy groups -OCH3 is 1. The highest BCUT2D eigenvalue weighted by atomic mass is 19.4. The predicted octanol–water partition coefficient (Wildman–Crippen LogP) is 1.36. The summed E-state index contributed by atoms with van der Waals surface area (Å²) in [5.41, 5.74) is 3.89. The maximum Gasteiger partial charge on any atom is 0.573 e. The summed E-state index contributed by atoms with van der Waals surface area (Å²) in [7, 11) is 1.14. The average molecular weight is 267 g/mol. The van der Waals surface area contributed by atoms with Crippen molar-refractivity contribution >= 4 is 5.69 Å². The van der Waals surface area contributed by atoms with Crippen LogP contribution in [0.25, 0.3) is 0 Å². The fourth-order valence-electron chi connectivity index (χ4n) is 1.19. The van der Waals surface area contributed by atoms with Crippen LogP contribution in [-0.2, 0) is 6.54 Å². The SMILES string of the molecule is COc1cc(OC(F)(F)F)c([N+](=O)[O-])c(CN)n1. The number of nitrogens with two attached hydrogens (primary N) is 1. The Morgan fingerprint density at radius 1 is 1.56 bits per heavy atom. The van der Waals surface area contributed by atoms with Gasteiger partial charge in [-0.05, 0) is 0 Å². The number of ether oxygens (including phenoxy) is 2. The lowest BCUT2D eigenvalue weighted by atomic mass is 10.2. The van der Waals surface area contributed by atoms with Crippen LogP contribution >= 0.6 is 0 Å². The lowest BCUT2D eigenvalue weighted by Crippen LogP contribution is -2.19. The zero-order valence-electron chi connectivity index (χ0n) is 9.02. The van der Waals surface area contributed by atoms with Gasteiger partial charge in [-0.25, -0.2) is 4.98 Å². The molecule has 0 unspecified atom stereocenters. The van der Waals surface area contributed by atoms with E-state index in [1.165, 1.54) is 0 Å². The van der Waals surface area contributed by atoms with Crippen molar-refractivity contribution in [3.63, 3.8) is 0 Å². The van der Waals surface area contributed by atoms with E-state index in [1.807, 2.05) is 0 Å². The first-order chi connectivity index (χ1) is 8.28. The van der Waals surface area contributed by atoms with Gasteiger partial charge in [0.2, 0.25) is 11.6 Å². The fourth-order valence-corrected chi connectivity index (χ4v) is 1.19. The molecule has 0 radical (unpaired) electrons. The smallest absolute Gasteiger partial charge is 0.481 e. The van der Waals surface area contributed by atoms with E-state index in [0.717, 1.165) is 7.11 Å². The fraction of sp³-hybridized carbons (Fsp3) is 0.375. The van der Waals surface area contributed by atoms with Crippen molar-refractivity contribution < 1.29 is 27.6 Å². The third-order valence-electron chi connectivity index (χ3n) is 1.82. The monoisotopic (exact) mass is 267 g/mol. The Balaban J connectivity index is 3.39. The Morgan fingerprint density at radius 2 is 2.17 bits per heavy atom. The molecule has 18 heavy (non-hydrogen) atoms. The summed E-state index contributed by atoms with van der Waals surface area (Å²) >= 11 is 0. The van der Waals surface area contributed by atoms with Gasteiger partial charge in [0.05, 0.1) is 18.1 Å². The molecule has 7 nitrogen and oxygen atoms in total. The number of nitro groups is 1. The van der Waals surface area contributed by atoms with Crippen molar-refractivity contribution in [1.82, 2.24) is 4.98 Å². The number of hydrogen-bond acceptors (Lipinski definition) is 6. The van der Waals surface area contributed by atoms with Gasteiger partial charge in [0.1, 0.15) is 5.69 Å². The number of alkyl halides is 3. The summed E-state index contributed by atoms with van der Waals surface area (Å²) in [5.74, 6) is -1.28. The number of aromatic nitrogens is 1. The maximum atomic E-state index is 12.1. The molecule has 0 fully saturated rings. The number of nitrogens with zero attached hydrogens (tertiary/aromatic N) is 2. The minimum atomic E-state index is -5.07. The van der Waals surface area contributed by atoms with E-state index >= 15 is 0 Å². The summed E-state index contributed by atoms with van der Waals surface area (Å²) in [4.78, 5) is 13.2. The van der Waals surface area contributed by atoms with Crippen molar-refractivity contribution in [1.29, 1.82) is 0 Å². The van der Waals surface area contributed by atoms with Crippen LogP contribution in [-0.4, -0.2) is 23.4 Å². The maximum absolute atomic E-state index is 12.1. The van der Waals surface area contributed by atoms with Gasteiger partial charge in [-0.1, -0.05) is 0 Å². The topological polar surface area (TPSA) is 101 Å². The molecule has 2 N–H and O–H groups in total. The minimum Gasteiger partial charge on any atom is -0.481 e. The van der Waals surface area contributed by atoms with Crippen LogP contribution in [0.15, 0.2) is 6.07 Å². The van der Waals surface area contributed by atoms with Gasteiger partial charge in [0.25, 0.3) is 0 Å². The molecule has 0 aromatic carbocycles. The summed E-state index contributed by atoms with van der Waals surface area (Å²) < 4.78 is 44.5. The molecule has 0 aliphatic heterocycles. The first kappa shape index (κ1) is 14.0. The molecule has 0 aliphatic rings. The van der Waals surface area contributed by atoms with Crippen LogP contribution in [0, 0.1) is 10.1 Å².